The fourth-order valence-electron chi connectivity index (χ4n) is 10.8. The summed E-state index contributed by atoms with van der Waals surface area (Å²) in [6.07, 6.45) is 19.5. The number of hydrogen-bond donors (Lipinski definition) is 0. The molecule has 0 N–H and O–H groups in total. The number of ether oxygens (including phenoxy) is 2. The van der Waals surface area contributed by atoms with Gasteiger partial charge in [-0.05, 0) is 81.0 Å². The number of carbonyl (C=O) groups is 4. The molecule has 66 heavy (non-hydrogen) atoms. The van der Waals surface area contributed by atoms with Crippen LogP contribution in [0.25, 0.3) is 34.4 Å². The van der Waals surface area contributed by atoms with E-state index in [2.05, 4.69) is 48.5 Å². The normalized spacial score (nSPS) is 25.7. The van der Waals surface area contributed by atoms with E-state index in [1.807, 2.05) is 39.0 Å². The average Bonchev–Trinajstić information content (AvgIpc) is 4.00. The molecular formula is C55H76MgN4O6-2. The molecule has 0 aromatic carbocycles. The Kier molecular flexibility index (Phi) is 18.9. The number of rotatable bonds is 21. The third-order valence-electron chi connectivity index (χ3n) is 15.1. The summed E-state index contributed by atoms with van der Waals surface area (Å²) in [5.41, 5.74) is 7.97. The zero-order chi connectivity index (χ0) is 47.3. The predicted octanol–water partition coefficient (Wildman–Crippen LogP) is 13.0. The summed E-state index contributed by atoms with van der Waals surface area (Å²) in [5, 5.41) is 10.3. The molecule has 0 radical (unpaired) electrons. The summed E-state index contributed by atoms with van der Waals surface area (Å²) in [6, 6.07) is 0. The predicted molar refractivity (Wildman–Crippen MR) is 266 cm³/mol. The van der Waals surface area contributed by atoms with Crippen LogP contribution in [0.5, 0.6) is 0 Å². The second kappa shape index (κ2) is 23.5. The summed E-state index contributed by atoms with van der Waals surface area (Å²) in [5.74, 6) is -0.269. The monoisotopic (exact) mass is 913 g/mol. The van der Waals surface area contributed by atoms with Crippen LogP contribution in [0.2, 0.25) is 0 Å². The van der Waals surface area contributed by atoms with Crippen LogP contribution in [-0.2, 0) is 19.1 Å². The van der Waals surface area contributed by atoms with Crippen molar-refractivity contribution >= 4 is 70.4 Å². The molecule has 2 fully saturated rings. The Labute approximate surface area is 412 Å². The molecule has 356 valence electrons. The molecule has 5 heterocycles. The van der Waals surface area contributed by atoms with E-state index >= 15 is 0 Å². The van der Waals surface area contributed by atoms with Gasteiger partial charge < -0.3 is 30.1 Å². The number of esters is 2. The van der Waals surface area contributed by atoms with Crippen molar-refractivity contribution < 1.29 is 28.7 Å². The Balaban J connectivity index is 0.00000817. The first-order chi connectivity index (χ1) is 30.9. The van der Waals surface area contributed by atoms with Crippen molar-refractivity contribution in [2.45, 2.75) is 160 Å². The molecular weight excluding hydrogens is 837 g/mol. The summed E-state index contributed by atoms with van der Waals surface area (Å²) in [4.78, 5) is 64.7. The number of aromatic nitrogens is 2. The third kappa shape index (κ3) is 11.9. The molecule has 6 rings (SSSR count). The fraction of sp³-hybridized carbons (Fsp3) is 0.636. The van der Waals surface area contributed by atoms with Gasteiger partial charge in [0.15, 0.2) is 11.6 Å². The average molecular weight is 914 g/mol. The Hall–Kier alpha value is -3.83. The van der Waals surface area contributed by atoms with E-state index in [-0.39, 0.29) is 70.7 Å². The molecule has 4 aliphatic rings. The summed E-state index contributed by atoms with van der Waals surface area (Å²) >= 11 is 0. The largest absolute Gasteiger partial charge is 2.00 e. The van der Waals surface area contributed by atoms with Crippen LogP contribution in [0.15, 0.2) is 22.8 Å². The Morgan fingerprint density at radius 3 is 1.85 bits per heavy atom. The van der Waals surface area contributed by atoms with Crippen LogP contribution in [0.3, 0.4) is 0 Å². The van der Waals surface area contributed by atoms with Crippen molar-refractivity contribution in [3.05, 3.63) is 78.5 Å². The van der Waals surface area contributed by atoms with Crippen LogP contribution in [0.1, 0.15) is 200 Å². The van der Waals surface area contributed by atoms with E-state index in [9.17, 15) is 19.2 Å². The third-order valence-corrected chi connectivity index (χ3v) is 15.1. The number of carbonyl (C=O) groups excluding carboxylic acids is 4. The van der Waals surface area contributed by atoms with Gasteiger partial charge in [-0.1, -0.05) is 155 Å². The van der Waals surface area contributed by atoms with E-state index in [1.165, 1.54) is 58.5 Å². The molecule has 10 nitrogen and oxygen atoms in total. The molecule has 11 heteroatoms. The molecule has 2 saturated heterocycles. The molecule has 8 atom stereocenters. The van der Waals surface area contributed by atoms with Gasteiger partial charge in [-0.3, -0.25) is 19.2 Å². The molecule has 2 aromatic heterocycles. The summed E-state index contributed by atoms with van der Waals surface area (Å²) in [6.45, 7) is 23.7. The van der Waals surface area contributed by atoms with Crippen LogP contribution in [-0.4, -0.2) is 60.3 Å². The zero-order valence-corrected chi connectivity index (χ0v) is 43.7. The van der Waals surface area contributed by atoms with Crippen molar-refractivity contribution in [1.82, 2.24) is 9.97 Å². The fourth-order valence-corrected chi connectivity index (χ4v) is 10.8. The van der Waals surface area contributed by atoms with Crippen molar-refractivity contribution in [2.24, 2.45) is 53.3 Å². The van der Waals surface area contributed by atoms with Crippen molar-refractivity contribution in [1.29, 1.82) is 0 Å². The first-order valence-corrected chi connectivity index (χ1v) is 24.9. The second-order valence-electron chi connectivity index (χ2n) is 20.6. The Morgan fingerprint density at radius 1 is 0.712 bits per heavy atom. The van der Waals surface area contributed by atoms with Crippen molar-refractivity contribution in [3.8, 4) is 0 Å². The smallest absolute Gasteiger partial charge is 0.664 e. The molecule has 0 amide bonds. The number of nitrogens with zero attached hydrogens (tertiary/aromatic N) is 4. The molecule has 0 saturated carbocycles. The van der Waals surface area contributed by atoms with E-state index < -0.39 is 11.9 Å². The van der Waals surface area contributed by atoms with Crippen LogP contribution in [0, 0.1) is 67.1 Å². The summed E-state index contributed by atoms with van der Waals surface area (Å²) < 4.78 is 11.1. The van der Waals surface area contributed by atoms with Gasteiger partial charge in [0.05, 0.1) is 13.7 Å². The number of fused-ring (bicyclic) bond motifs is 7. The zero-order valence-electron chi connectivity index (χ0n) is 42.3. The van der Waals surface area contributed by atoms with Gasteiger partial charge in [0, 0.05) is 17.5 Å². The molecule has 3 aliphatic heterocycles. The first kappa shape index (κ1) is 53.1. The van der Waals surface area contributed by atoms with Crippen LogP contribution >= 0.6 is 0 Å². The standard InChI is InChI=1S/C55H78N4O6.Mg/c1-13-39-34(7)41-29-46-48(38(11)60)36(9)43(57-46)27-42-35(8)40(52(58-42)50-51(55(63)64-12)54(62)49-37(10)44(59-53(49)50)28-45(39)56-41)23-24-47(61)65-26-25-33(6)22-16-21-32(5)20-15-19-31(4)18-14-17-30(2)3;/h27-35,39-40,51H,13-26H2,1-12H3,(H2-2,56,57,58,59,60,62);/q-2;+2/p-2/b42-27-,45-28-;/t31-,32-,33?,34+,35-,39+,40-,51+;/m0./s1. The van der Waals surface area contributed by atoms with E-state index in [1.54, 1.807) is 6.92 Å². The second-order valence-corrected chi connectivity index (χ2v) is 20.6. The van der Waals surface area contributed by atoms with Gasteiger partial charge >= 0.3 is 35.0 Å². The van der Waals surface area contributed by atoms with Crippen molar-refractivity contribution in [2.75, 3.05) is 13.7 Å². The Bertz CT molecular complexity index is 2220. The number of hydrogen-bond acceptors (Lipinski definition) is 6. The Morgan fingerprint density at radius 2 is 1.26 bits per heavy atom. The minimum absolute atomic E-state index is 0. The SMILES string of the molecule is CC[C@H]1/C2=C/c3[n-]c4c(c3C)C(=O)[C@H](C(=O)OC)/C4=C3/[N-]/C(=C\c4[n-]c(c(C(C)=O)c4C)/C=C(\[N-]2)[C@@H]1C)[C@@H](C)[C@@H]3CCC(=O)OCCC(C)CCC[C@@H](C)CCC[C@@H](C)CCCC(C)C.[Mg+2]. The van der Waals surface area contributed by atoms with E-state index in [0.717, 1.165) is 54.0 Å². The van der Waals surface area contributed by atoms with E-state index in [0.29, 0.717) is 75.4 Å². The van der Waals surface area contributed by atoms with Crippen molar-refractivity contribution in [3.63, 3.8) is 0 Å². The minimum atomic E-state index is -1.24. The first-order valence-electron chi connectivity index (χ1n) is 24.9. The quantitative estimate of drug-likeness (QED) is 0.0521. The van der Waals surface area contributed by atoms with Gasteiger partial charge in [0.25, 0.3) is 0 Å². The topological polar surface area (TPSA) is 143 Å². The number of Topliss-reactive ketones (excluding diaryl/α,β-unsaturated/α-hetero) is 2. The maximum atomic E-state index is 14.4. The molecule has 0 spiro atoms. The maximum absolute atomic E-state index is 14.4. The molecule has 8 bridgehead atoms. The van der Waals surface area contributed by atoms with Gasteiger partial charge in [0.1, 0.15) is 5.92 Å². The van der Waals surface area contributed by atoms with Gasteiger partial charge in [-0.25, -0.2) is 0 Å². The molecule has 1 aliphatic carbocycles. The minimum Gasteiger partial charge on any atom is -0.664 e. The maximum Gasteiger partial charge on any atom is 2.00 e. The van der Waals surface area contributed by atoms with Gasteiger partial charge in [-0.15, -0.1) is 22.8 Å². The summed E-state index contributed by atoms with van der Waals surface area (Å²) in [7, 11) is 1.29. The number of methoxy groups -OCH3 is 1. The van der Waals surface area contributed by atoms with Gasteiger partial charge in [-0.2, -0.15) is 22.8 Å². The molecule has 2 aromatic rings. The number of ketones is 2. The van der Waals surface area contributed by atoms with E-state index in [4.69, 9.17) is 30.1 Å². The van der Waals surface area contributed by atoms with Crippen LogP contribution in [0.4, 0.5) is 0 Å². The molecule has 1 unspecified atom stereocenters. The number of allylic oxidation sites excluding steroid dienone is 4. The van der Waals surface area contributed by atoms with Crippen LogP contribution < -0.4 is 9.97 Å². The van der Waals surface area contributed by atoms with Gasteiger partial charge in [0.2, 0.25) is 0 Å².